The van der Waals surface area contributed by atoms with Crippen molar-refractivity contribution in [3.8, 4) is 6.07 Å². The number of ether oxygens (including phenoxy) is 1. The molecule has 0 N–H and O–H groups in total. The second-order valence-electron chi connectivity index (χ2n) is 7.69. The van der Waals surface area contributed by atoms with Gasteiger partial charge in [0.15, 0.2) is 5.65 Å². The SMILES string of the molecule is Cc1c(C2CCOCC2)c(C#N)c2nc3ccccc3n2c1N1CCCC1. The normalized spacial score (nSPS) is 18.4. The Bertz CT molecular complexity index is 1050. The first-order chi connectivity index (χ1) is 13.3. The largest absolute Gasteiger partial charge is 0.381 e. The van der Waals surface area contributed by atoms with E-state index in [2.05, 4.69) is 34.4 Å². The average molecular weight is 360 g/mol. The van der Waals surface area contributed by atoms with Gasteiger partial charge in [-0.25, -0.2) is 4.98 Å². The minimum Gasteiger partial charge on any atom is -0.381 e. The van der Waals surface area contributed by atoms with Crippen LogP contribution < -0.4 is 4.90 Å². The van der Waals surface area contributed by atoms with Crippen LogP contribution in [-0.2, 0) is 4.74 Å². The minimum atomic E-state index is 0.375. The van der Waals surface area contributed by atoms with Crippen molar-refractivity contribution >= 4 is 22.5 Å². The summed E-state index contributed by atoms with van der Waals surface area (Å²) in [6.45, 7) is 5.89. The Kier molecular flexibility index (Phi) is 4.02. The van der Waals surface area contributed by atoms with Crippen LogP contribution in [0.15, 0.2) is 24.3 Å². The number of aromatic nitrogens is 2. The molecule has 27 heavy (non-hydrogen) atoms. The summed E-state index contributed by atoms with van der Waals surface area (Å²) in [5.41, 5.74) is 6.05. The van der Waals surface area contributed by atoms with Gasteiger partial charge in [-0.15, -0.1) is 0 Å². The Morgan fingerprint density at radius 1 is 1.15 bits per heavy atom. The summed E-state index contributed by atoms with van der Waals surface area (Å²) in [7, 11) is 0. The molecule has 2 fully saturated rings. The lowest BCUT2D eigenvalue weighted by molar-refractivity contribution is 0.0852. The number of para-hydroxylation sites is 2. The number of benzene rings is 1. The maximum Gasteiger partial charge on any atom is 0.157 e. The molecule has 5 heteroatoms. The van der Waals surface area contributed by atoms with Crippen LogP contribution in [0.4, 0.5) is 5.82 Å². The van der Waals surface area contributed by atoms with Gasteiger partial charge in [0.05, 0.1) is 16.6 Å². The lowest BCUT2D eigenvalue weighted by Gasteiger charge is -2.29. The topological polar surface area (TPSA) is 53.6 Å². The molecule has 5 rings (SSSR count). The number of imidazole rings is 1. The Morgan fingerprint density at radius 3 is 2.63 bits per heavy atom. The Morgan fingerprint density at radius 2 is 1.89 bits per heavy atom. The summed E-state index contributed by atoms with van der Waals surface area (Å²) in [4.78, 5) is 7.38. The first-order valence-corrected chi connectivity index (χ1v) is 9.96. The van der Waals surface area contributed by atoms with Crippen LogP contribution >= 0.6 is 0 Å². The van der Waals surface area contributed by atoms with E-state index < -0.39 is 0 Å². The monoisotopic (exact) mass is 360 g/mol. The molecule has 5 nitrogen and oxygen atoms in total. The molecule has 3 aromatic rings. The van der Waals surface area contributed by atoms with Crippen LogP contribution in [0.1, 0.15) is 48.3 Å². The molecule has 138 valence electrons. The van der Waals surface area contributed by atoms with Gasteiger partial charge in [-0.1, -0.05) is 12.1 Å². The highest BCUT2D eigenvalue weighted by Crippen LogP contribution is 2.40. The predicted molar refractivity (Wildman–Crippen MR) is 106 cm³/mol. The van der Waals surface area contributed by atoms with E-state index in [4.69, 9.17) is 9.72 Å². The highest BCUT2D eigenvalue weighted by atomic mass is 16.5. The first kappa shape index (κ1) is 16.6. The molecule has 0 radical (unpaired) electrons. The maximum atomic E-state index is 10.1. The van der Waals surface area contributed by atoms with Crippen LogP contribution in [0.2, 0.25) is 0 Å². The number of rotatable bonds is 2. The molecule has 0 amide bonds. The fourth-order valence-corrected chi connectivity index (χ4v) is 4.92. The third kappa shape index (κ3) is 2.51. The van der Waals surface area contributed by atoms with Crippen molar-refractivity contribution in [1.29, 1.82) is 5.26 Å². The predicted octanol–water partition coefficient (Wildman–Crippen LogP) is 4.16. The van der Waals surface area contributed by atoms with Gasteiger partial charge in [0.25, 0.3) is 0 Å². The third-order valence-electron chi connectivity index (χ3n) is 6.15. The van der Waals surface area contributed by atoms with E-state index in [9.17, 15) is 5.26 Å². The second kappa shape index (κ2) is 6.54. The second-order valence-corrected chi connectivity index (χ2v) is 7.69. The van der Waals surface area contributed by atoms with Crippen molar-refractivity contribution in [2.75, 3.05) is 31.2 Å². The summed E-state index contributed by atoms with van der Waals surface area (Å²) in [5.74, 6) is 1.61. The van der Waals surface area contributed by atoms with Gasteiger partial charge in [0.1, 0.15) is 11.9 Å². The van der Waals surface area contributed by atoms with Crippen molar-refractivity contribution in [1.82, 2.24) is 9.38 Å². The molecule has 0 atom stereocenters. The first-order valence-electron chi connectivity index (χ1n) is 9.96. The maximum absolute atomic E-state index is 10.1. The number of anilines is 1. The van der Waals surface area contributed by atoms with E-state index in [0.717, 1.165) is 61.4 Å². The summed E-state index contributed by atoms with van der Waals surface area (Å²) >= 11 is 0. The molecule has 2 aliphatic rings. The lowest BCUT2D eigenvalue weighted by atomic mass is 9.86. The van der Waals surface area contributed by atoms with Gasteiger partial charge in [0, 0.05) is 26.3 Å². The fourth-order valence-electron chi connectivity index (χ4n) is 4.92. The van der Waals surface area contributed by atoms with Crippen LogP contribution in [-0.4, -0.2) is 35.7 Å². The molecular weight excluding hydrogens is 336 g/mol. The van der Waals surface area contributed by atoms with Crippen LogP contribution in [0.5, 0.6) is 0 Å². The summed E-state index contributed by atoms with van der Waals surface area (Å²) in [6.07, 6.45) is 4.40. The molecule has 4 heterocycles. The smallest absolute Gasteiger partial charge is 0.157 e. The van der Waals surface area contributed by atoms with Gasteiger partial charge >= 0.3 is 0 Å². The number of nitriles is 1. The van der Waals surface area contributed by atoms with E-state index in [-0.39, 0.29) is 0 Å². The molecule has 2 aromatic heterocycles. The molecule has 0 bridgehead atoms. The molecule has 2 aliphatic heterocycles. The fraction of sp³-hybridized carbons (Fsp3) is 0.455. The van der Waals surface area contributed by atoms with Gasteiger partial charge in [-0.2, -0.15) is 5.26 Å². The zero-order chi connectivity index (χ0) is 18.4. The Hall–Kier alpha value is -2.58. The van der Waals surface area contributed by atoms with Crippen LogP contribution in [0.25, 0.3) is 16.7 Å². The van der Waals surface area contributed by atoms with E-state index >= 15 is 0 Å². The van der Waals surface area contributed by atoms with E-state index in [0.29, 0.717) is 5.92 Å². The van der Waals surface area contributed by atoms with Crippen molar-refractivity contribution in [2.24, 2.45) is 0 Å². The van der Waals surface area contributed by atoms with E-state index in [1.165, 1.54) is 29.8 Å². The number of fused-ring (bicyclic) bond motifs is 3. The van der Waals surface area contributed by atoms with E-state index in [1.54, 1.807) is 0 Å². The average Bonchev–Trinajstić information content (AvgIpc) is 3.36. The summed E-state index contributed by atoms with van der Waals surface area (Å²) < 4.78 is 7.82. The Balaban J connectivity index is 1.88. The summed E-state index contributed by atoms with van der Waals surface area (Å²) in [6, 6.07) is 10.7. The number of pyridine rings is 1. The van der Waals surface area contributed by atoms with Gasteiger partial charge in [-0.3, -0.25) is 4.40 Å². The van der Waals surface area contributed by atoms with Crippen molar-refractivity contribution < 1.29 is 4.74 Å². The molecular formula is C22H24N4O. The standard InChI is InChI=1S/C22H24N4O/c1-15-20(16-8-12-27-13-9-16)17(14-23)21-24-18-6-2-3-7-19(18)26(21)22(15)25-10-4-5-11-25/h2-3,6-7,16H,4-5,8-13H2,1H3. The molecule has 1 aromatic carbocycles. The highest BCUT2D eigenvalue weighted by Gasteiger charge is 2.29. The van der Waals surface area contributed by atoms with Crippen LogP contribution in [0, 0.1) is 18.3 Å². The van der Waals surface area contributed by atoms with Crippen molar-refractivity contribution in [3.63, 3.8) is 0 Å². The highest BCUT2D eigenvalue weighted by molar-refractivity contribution is 5.86. The minimum absolute atomic E-state index is 0.375. The quantitative estimate of drug-likeness (QED) is 0.688. The molecule has 0 unspecified atom stereocenters. The number of hydrogen-bond acceptors (Lipinski definition) is 4. The number of hydrogen-bond donors (Lipinski definition) is 0. The molecule has 0 saturated carbocycles. The Labute approximate surface area is 159 Å². The molecule has 2 saturated heterocycles. The zero-order valence-electron chi connectivity index (χ0n) is 15.7. The zero-order valence-corrected chi connectivity index (χ0v) is 15.7. The van der Waals surface area contributed by atoms with Gasteiger partial charge < -0.3 is 9.64 Å². The van der Waals surface area contributed by atoms with E-state index in [1.807, 2.05) is 12.1 Å². The molecule has 0 aliphatic carbocycles. The number of nitrogens with zero attached hydrogens (tertiary/aromatic N) is 4. The van der Waals surface area contributed by atoms with Crippen molar-refractivity contribution in [2.45, 2.75) is 38.5 Å². The summed E-state index contributed by atoms with van der Waals surface area (Å²) in [5, 5.41) is 10.1. The third-order valence-corrected chi connectivity index (χ3v) is 6.15. The van der Waals surface area contributed by atoms with Gasteiger partial charge in [-0.05, 0) is 61.8 Å². The van der Waals surface area contributed by atoms with Crippen molar-refractivity contribution in [3.05, 3.63) is 41.0 Å². The lowest BCUT2D eigenvalue weighted by Crippen LogP contribution is -2.24. The molecule has 0 spiro atoms. The van der Waals surface area contributed by atoms with Gasteiger partial charge in [0.2, 0.25) is 0 Å². The van der Waals surface area contributed by atoms with Crippen LogP contribution in [0.3, 0.4) is 0 Å².